The van der Waals surface area contributed by atoms with Crippen LogP contribution in [0.4, 0.5) is 0 Å². The lowest BCUT2D eigenvalue weighted by Gasteiger charge is -2.23. The number of carbonyl (C=O) groups excluding carboxylic acids is 1. The van der Waals surface area contributed by atoms with Crippen molar-refractivity contribution in [3.8, 4) is 0 Å². The number of hydrogen-bond acceptors (Lipinski definition) is 6. The smallest absolute Gasteiger partial charge is 0.387 e. The van der Waals surface area contributed by atoms with Gasteiger partial charge in [0.1, 0.15) is 0 Å². The molecule has 0 saturated carbocycles. The SMILES string of the molecule is CCCCCCCCCCCCCCCCC/C=C/C(O)C(COP(=O)(O)OCCN)NC(=O)CCCCCCCCCCCCCCCCCCCCCCCCC. The molecule has 5 N–H and O–H groups in total. The van der Waals surface area contributed by atoms with Crippen molar-refractivity contribution in [2.45, 2.75) is 283 Å². The summed E-state index contributed by atoms with van der Waals surface area (Å²) < 4.78 is 22.2. The number of hydrogen-bond donors (Lipinski definition) is 4. The number of nitrogens with two attached hydrogens (primary N) is 1. The Hall–Kier alpha value is -0.760. The fraction of sp³-hybridized carbons (Fsp3) is 0.940. The second kappa shape index (κ2) is 46.7. The molecule has 1 amide bonds. The first-order chi connectivity index (χ1) is 28.9. The van der Waals surface area contributed by atoms with Crippen LogP contribution in [0, 0.1) is 0 Å². The van der Waals surface area contributed by atoms with Crippen molar-refractivity contribution in [3.05, 3.63) is 12.2 Å². The van der Waals surface area contributed by atoms with Gasteiger partial charge in [0.25, 0.3) is 0 Å². The lowest BCUT2D eigenvalue weighted by atomic mass is 10.0. The Morgan fingerprint density at radius 3 is 1.20 bits per heavy atom. The second-order valence-corrected chi connectivity index (χ2v) is 19.2. The Bertz CT molecular complexity index is 937. The van der Waals surface area contributed by atoms with Crippen molar-refractivity contribution in [2.24, 2.45) is 5.73 Å². The highest BCUT2D eigenvalue weighted by Gasteiger charge is 2.26. The van der Waals surface area contributed by atoms with Gasteiger partial charge < -0.3 is 21.1 Å². The van der Waals surface area contributed by atoms with Crippen LogP contribution in [0.3, 0.4) is 0 Å². The molecule has 9 heteroatoms. The molecule has 0 spiro atoms. The molecule has 0 aromatic heterocycles. The third-order valence-electron chi connectivity index (χ3n) is 11.9. The van der Waals surface area contributed by atoms with E-state index in [4.69, 9.17) is 14.8 Å². The molecule has 8 nitrogen and oxygen atoms in total. The van der Waals surface area contributed by atoms with Crippen LogP contribution in [0.15, 0.2) is 12.2 Å². The molecule has 0 aliphatic heterocycles. The fourth-order valence-electron chi connectivity index (χ4n) is 7.96. The molecule has 59 heavy (non-hydrogen) atoms. The predicted molar refractivity (Wildman–Crippen MR) is 254 cm³/mol. The number of allylic oxidation sites excluding steroid dienone is 1. The van der Waals surface area contributed by atoms with Crippen LogP contribution in [0.2, 0.25) is 0 Å². The van der Waals surface area contributed by atoms with Crippen LogP contribution < -0.4 is 11.1 Å². The number of aliphatic hydroxyl groups excluding tert-OH is 1. The van der Waals surface area contributed by atoms with Gasteiger partial charge in [-0.1, -0.05) is 257 Å². The average Bonchev–Trinajstić information content (AvgIpc) is 3.22. The van der Waals surface area contributed by atoms with Crippen LogP contribution in [0.1, 0.15) is 271 Å². The Labute approximate surface area is 366 Å². The third-order valence-corrected chi connectivity index (χ3v) is 12.8. The summed E-state index contributed by atoms with van der Waals surface area (Å²) in [5, 5.41) is 13.7. The highest BCUT2D eigenvalue weighted by Crippen LogP contribution is 2.43. The maximum atomic E-state index is 12.8. The van der Waals surface area contributed by atoms with Gasteiger partial charge in [-0.2, -0.15) is 0 Å². The van der Waals surface area contributed by atoms with Gasteiger partial charge in [0, 0.05) is 13.0 Å². The molecule has 0 aliphatic carbocycles. The van der Waals surface area contributed by atoms with Gasteiger partial charge in [-0.05, 0) is 19.3 Å². The summed E-state index contributed by atoms with van der Waals surface area (Å²) >= 11 is 0. The minimum Gasteiger partial charge on any atom is -0.387 e. The molecule has 3 unspecified atom stereocenters. The quantitative estimate of drug-likeness (QED) is 0.0272. The van der Waals surface area contributed by atoms with Gasteiger partial charge in [0.05, 0.1) is 25.4 Å². The Morgan fingerprint density at radius 2 is 0.864 bits per heavy atom. The molecule has 0 saturated heterocycles. The van der Waals surface area contributed by atoms with E-state index in [1.54, 1.807) is 6.08 Å². The number of carbonyl (C=O) groups is 1. The van der Waals surface area contributed by atoms with Crippen molar-refractivity contribution < 1.29 is 28.4 Å². The monoisotopic (exact) mass is 857 g/mol. The summed E-state index contributed by atoms with van der Waals surface area (Å²) in [5.74, 6) is -0.187. The van der Waals surface area contributed by atoms with Crippen LogP contribution in [0.5, 0.6) is 0 Å². The van der Waals surface area contributed by atoms with E-state index in [1.807, 2.05) is 6.08 Å². The zero-order valence-electron chi connectivity index (χ0n) is 39.3. The van der Waals surface area contributed by atoms with Gasteiger partial charge in [0.15, 0.2) is 0 Å². The summed E-state index contributed by atoms with van der Waals surface area (Å²) in [6, 6.07) is -0.855. The number of phosphoric acid groups is 1. The Morgan fingerprint density at radius 1 is 0.542 bits per heavy atom. The van der Waals surface area contributed by atoms with Crippen molar-refractivity contribution in [2.75, 3.05) is 19.8 Å². The van der Waals surface area contributed by atoms with Crippen LogP contribution >= 0.6 is 7.82 Å². The van der Waals surface area contributed by atoms with Gasteiger partial charge in [-0.15, -0.1) is 0 Å². The second-order valence-electron chi connectivity index (χ2n) is 17.7. The Kier molecular flexibility index (Phi) is 46.1. The molecule has 0 rings (SSSR count). The van der Waals surface area contributed by atoms with E-state index in [1.165, 1.54) is 212 Å². The Balaban J connectivity index is 4.03. The molecular formula is C50H101N2O6P. The van der Waals surface area contributed by atoms with E-state index >= 15 is 0 Å². The van der Waals surface area contributed by atoms with Crippen molar-refractivity contribution in [3.63, 3.8) is 0 Å². The molecule has 0 heterocycles. The first-order valence-corrected chi connectivity index (χ1v) is 27.3. The number of nitrogens with one attached hydrogen (secondary N) is 1. The van der Waals surface area contributed by atoms with E-state index in [0.29, 0.717) is 6.42 Å². The van der Waals surface area contributed by atoms with E-state index in [-0.39, 0.29) is 25.7 Å². The lowest BCUT2D eigenvalue weighted by molar-refractivity contribution is -0.123. The summed E-state index contributed by atoms with van der Waals surface area (Å²) in [5.41, 5.74) is 5.39. The van der Waals surface area contributed by atoms with Gasteiger partial charge in [0.2, 0.25) is 5.91 Å². The highest BCUT2D eigenvalue weighted by molar-refractivity contribution is 7.47. The maximum absolute atomic E-state index is 12.8. The van der Waals surface area contributed by atoms with Gasteiger partial charge >= 0.3 is 7.82 Å². The molecule has 3 atom stereocenters. The topological polar surface area (TPSA) is 131 Å². The van der Waals surface area contributed by atoms with Crippen LogP contribution in [-0.2, 0) is 18.4 Å². The van der Waals surface area contributed by atoms with E-state index < -0.39 is 20.0 Å². The van der Waals surface area contributed by atoms with E-state index in [2.05, 4.69) is 19.2 Å². The summed E-state index contributed by atoms with van der Waals surface area (Å²) in [6.45, 7) is 4.18. The largest absolute Gasteiger partial charge is 0.472 e. The van der Waals surface area contributed by atoms with Crippen LogP contribution in [0.25, 0.3) is 0 Å². The van der Waals surface area contributed by atoms with Crippen LogP contribution in [-0.4, -0.2) is 47.8 Å². The summed E-state index contributed by atoms with van der Waals surface area (Å²) in [4.78, 5) is 22.8. The number of rotatable bonds is 49. The molecule has 0 aliphatic rings. The minimum atomic E-state index is -4.34. The van der Waals surface area contributed by atoms with Gasteiger partial charge in [-0.3, -0.25) is 13.8 Å². The molecule has 352 valence electrons. The number of phosphoric ester groups is 1. The van der Waals surface area contributed by atoms with Crippen molar-refractivity contribution in [1.82, 2.24) is 5.32 Å². The van der Waals surface area contributed by atoms with Gasteiger partial charge in [-0.25, -0.2) is 4.57 Å². The summed E-state index contributed by atoms with van der Waals surface area (Å²) in [6.07, 6.45) is 54.2. The average molecular weight is 857 g/mol. The first-order valence-electron chi connectivity index (χ1n) is 25.8. The third kappa shape index (κ3) is 45.1. The molecule has 0 aromatic carbocycles. The number of aliphatic hydroxyl groups is 1. The maximum Gasteiger partial charge on any atom is 0.472 e. The first kappa shape index (κ1) is 58.2. The summed E-state index contributed by atoms with van der Waals surface area (Å²) in [7, 11) is -4.34. The molecular weight excluding hydrogens is 756 g/mol. The molecule has 0 bridgehead atoms. The fourth-order valence-corrected chi connectivity index (χ4v) is 8.72. The standard InChI is InChI=1S/C50H101N2O6P/c1-3-5-7-9-11-13-15-17-19-21-22-23-24-25-26-28-30-32-34-36-38-40-42-44-50(54)52-48(47-58-59(55,56)57-46-45-51)49(53)43-41-39-37-35-33-31-29-27-20-18-16-14-12-10-8-6-4-2/h41,43,48-49,53H,3-40,42,44-47,51H2,1-2H3,(H,52,54)(H,55,56)/b43-41+. The number of unbranched alkanes of at least 4 members (excludes halogenated alkanes) is 37. The minimum absolute atomic E-state index is 0.0817. The zero-order valence-corrected chi connectivity index (χ0v) is 40.2. The highest BCUT2D eigenvalue weighted by atomic mass is 31.2. The predicted octanol–water partition coefficient (Wildman–Crippen LogP) is 15.1. The van der Waals surface area contributed by atoms with Crippen molar-refractivity contribution in [1.29, 1.82) is 0 Å². The van der Waals surface area contributed by atoms with E-state index in [0.717, 1.165) is 38.5 Å². The zero-order chi connectivity index (χ0) is 43.2. The normalized spacial score (nSPS) is 13.9. The lowest BCUT2D eigenvalue weighted by Crippen LogP contribution is -2.45. The molecule has 0 radical (unpaired) electrons. The molecule has 0 aromatic rings. The number of amides is 1. The van der Waals surface area contributed by atoms with Crippen molar-refractivity contribution >= 4 is 13.7 Å². The van der Waals surface area contributed by atoms with E-state index in [9.17, 15) is 19.4 Å². The molecule has 0 fully saturated rings.